The minimum absolute atomic E-state index is 0.0699. The van der Waals surface area contributed by atoms with E-state index >= 15 is 0 Å². The fraction of sp³-hybridized carbons (Fsp3) is 0.278. The van der Waals surface area contributed by atoms with Crippen molar-refractivity contribution in [1.82, 2.24) is 24.8 Å². The fourth-order valence-electron chi connectivity index (χ4n) is 4.17. The van der Waals surface area contributed by atoms with E-state index in [-0.39, 0.29) is 11.5 Å². The van der Waals surface area contributed by atoms with Gasteiger partial charge in [-0.1, -0.05) is 16.4 Å². The molecule has 2 unspecified atom stereocenters. The van der Waals surface area contributed by atoms with Gasteiger partial charge in [0.2, 0.25) is 0 Å². The lowest BCUT2D eigenvalue weighted by Gasteiger charge is -2.19. The quantitative estimate of drug-likeness (QED) is 0.528. The Morgan fingerprint density at radius 2 is 2.22 bits per heavy atom. The van der Waals surface area contributed by atoms with Gasteiger partial charge in [0.15, 0.2) is 0 Å². The molecule has 0 aliphatic heterocycles. The Labute approximate surface area is 156 Å². The molecule has 0 N–H and O–H groups in total. The number of rotatable bonds is 2. The van der Waals surface area contributed by atoms with E-state index in [4.69, 9.17) is 4.63 Å². The zero-order valence-corrected chi connectivity index (χ0v) is 15.4. The maximum atomic E-state index is 13.4. The molecule has 27 heavy (non-hydrogen) atoms. The third-order valence-electron chi connectivity index (χ3n) is 5.57. The lowest BCUT2D eigenvalue weighted by Crippen LogP contribution is -2.34. The summed E-state index contributed by atoms with van der Waals surface area (Å²) in [5.41, 5.74) is 2.50. The molecule has 134 valence electrons. The lowest BCUT2D eigenvalue weighted by atomic mass is 10.0. The topological polar surface area (TPSA) is 89.9 Å². The third kappa shape index (κ3) is 1.74. The molecular formula is C18H14N6O2S. The number of hydrogen-bond acceptors (Lipinski definition) is 8. The minimum atomic E-state index is -0.531. The van der Waals surface area contributed by atoms with Gasteiger partial charge in [0.1, 0.15) is 26.5 Å². The molecule has 4 heterocycles. The highest BCUT2D eigenvalue weighted by Crippen LogP contribution is 2.58. The second-order valence-corrected chi connectivity index (χ2v) is 8.20. The first kappa shape index (κ1) is 15.0. The van der Waals surface area contributed by atoms with Crippen molar-refractivity contribution in [3.05, 3.63) is 46.4 Å². The van der Waals surface area contributed by atoms with E-state index in [2.05, 4.69) is 26.4 Å². The molecule has 8 nitrogen and oxygen atoms in total. The van der Waals surface area contributed by atoms with Gasteiger partial charge in [-0.15, -0.1) is 11.3 Å². The molecule has 0 saturated heterocycles. The largest absolute Gasteiger partial charge is 0.377 e. The summed E-state index contributed by atoms with van der Waals surface area (Å²) in [6.07, 6.45) is 8.18. The van der Waals surface area contributed by atoms with Crippen LogP contribution in [0.5, 0.6) is 0 Å². The van der Waals surface area contributed by atoms with Gasteiger partial charge in [-0.05, 0) is 18.6 Å². The first-order chi connectivity index (χ1) is 13.1. The third-order valence-corrected chi connectivity index (χ3v) is 6.64. The zero-order chi connectivity index (χ0) is 18.3. The van der Waals surface area contributed by atoms with Crippen LogP contribution in [0.4, 0.5) is 5.69 Å². The Bertz CT molecular complexity index is 1330. The fourth-order valence-corrected chi connectivity index (χ4v) is 5.22. The summed E-state index contributed by atoms with van der Waals surface area (Å²) in [5, 5.41) is 8.95. The zero-order valence-electron chi connectivity index (χ0n) is 14.6. The van der Waals surface area contributed by atoms with Gasteiger partial charge in [-0.2, -0.15) is 0 Å². The highest BCUT2D eigenvalue weighted by atomic mass is 32.1. The van der Waals surface area contributed by atoms with Gasteiger partial charge in [-0.3, -0.25) is 9.36 Å². The maximum absolute atomic E-state index is 13.4. The molecule has 2 aliphatic rings. The summed E-state index contributed by atoms with van der Waals surface area (Å²) in [5.74, 6) is 0.207. The Morgan fingerprint density at radius 1 is 1.33 bits per heavy atom. The normalized spacial score (nSPS) is 22.8. The standard InChI is InChI=1S/C18H14N6O2S/c1-23(2)11-5-6-19-16-12(11)13-14(27-16)17(25)24(8-20-13)18-7-9(18)3-4-10-15(18)22-26-21-10/h3-6,8-9H,7H2,1-2H3. The van der Waals surface area contributed by atoms with Crippen LogP contribution in [0.3, 0.4) is 0 Å². The average molecular weight is 378 g/mol. The van der Waals surface area contributed by atoms with Crippen molar-refractivity contribution in [2.24, 2.45) is 5.92 Å². The van der Waals surface area contributed by atoms with Crippen molar-refractivity contribution in [3.8, 4) is 0 Å². The van der Waals surface area contributed by atoms with Crippen LogP contribution in [-0.2, 0) is 5.54 Å². The molecule has 0 amide bonds. The molecule has 2 aliphatic carbocycles. The highest BCUT2D eigenvalue weighted by molar-refractivity contribution is 7.25. The summed E-state index contributed by atoms with van der Waals surface area (Å²) in [4.78, 5) is 25.4. The molecular weight excluding hydrogens is 364 g/mol. The molecule has 0 bridgehead atoms. The van der Waals surface area contributed by atoms with Gasteiger partial charge < -0.3 is 4.90 Å². The monoisotopic (exact) mass is 378 g/mol. The van der Waals surface area contributed by atoms with Crippen molar-refractivity contribution in [3.63, 3.8) is 0 Å². The van der Waals surface area contributed by atoms with E-state index in [1.807, 2.05) is 31.1 Å². The van der Waals surface area contributed by atoms with Crippen LogP contribution in [-0.4, -0.2) is 38.9 Å². The van der Waals surface area contributed by atoms with E-state index in [0.717, 1.165) is 22.3 Å². The van der Waals surface area contributed by atoms with Crippen LogP contribution in [0.2, 0.25) is 0 Å². The molecule has 0 aromatic carbocycles. The number of allylic oxidation sites excluding steroid dienone is 1. The van der Waals surface area contributed by atoms with Crippen LogP contribution in [0.25, 0.3) is 26.5 Å². The van der Waals surface area contributed by atoms with Crippen LogP contribution in [0, 0.1) is 5.92 Å². The van der Waals surface area contributed by atoms with E-state index < -0.39 is 5.54 Å². The summed E-state index contributed by atoms with van der Waals surface area (Å²) < 4.78 is 7.25. The van der Waals surface area contributed by atoms with Gasteiger partial charge in [0.25, 0.3) is 5.56 Å². The van der Waals surface area contributed by atoms with Crippen LogP contribution in [0.15, 0.2) is 34.1 Å². The van der Waals surface area contributed by atoms with Gasteiger partial charge in [0, 0.05) is 26.2 Å². The molecule has 1 fully saturated rings. The Balaban J connectivity index is 1.65. The number of anilines is 1. The molecule has 0 spiro atoms. The second kappa shape index (κ2) is 4.80. The SMILES string of the molecule is CN(C)c1ccnc2sc3c(=O)n(C45CC4C=Cc4nonc45)cnc3c12. The van der Waals surface area contributed by atoms with Crippen LogP contribution < -0.4 is 10.5 Å². The number of pyridine rings is 1. The Kier molecular flexibility index (Phi) is 2.67. The molecule has 4 aromatic rings. The van der Waals surface area contributed by atoms with Crippen molar-refractivity contribution in [2.75, 3.05) is 19.0 Å². The number of thiophene rings is 1. The summed E-state index contributed by atoms with van der Waals surface area (Å²) in [6, 6.07) is 1.94. The molecule has 0 radical (unpaired) electrons. The average Bonchev–Trinajstić information content (AvgIpc) is 3.02. The van der Waals surface area contributed by atoms with E-state index in [1.54, 1.807) is 17.1 Å². The smallest absolute Gasteiger partial charge is 0.272 e. The van der Waals surface area contributed by atoms with Crippen LogP contribution >= 0.6 is 11.3 Å². The summed E-state index contributed by atoms with van der Waals surface area (Å²) >= 11 is 1.39. The predicted octanol–water partition coefficient (Wildman–Crippen LogP) is 2.25. The molecule has 2 atom stereocenters. The Hall–Kier alpha value is -3.07. The predicted molar refractivity (Wildman–Crippen MR) is 102 cm³/mol. The van der Waals surface area contributed by atoms with E-state index in [1.165, 1.54) is 11.3 Å². The molecule has 9 heteroatoms. The molecule has 1 saturated carbocycles. The van der Waals surface area contributed by atoms with Gasteiger partial charge in [0.05, 0.1) is 22.9 Å². The molecule has 4 aromatic heterocycles. The number of aromatic nitrogens is 5. The Morgan fingerprint density at radius 3 is 3.07 bits per heavy atom. The number of nitrogens with zero attached hydrogens (tertiary/aromatic N) is 6. The highest BCUT2D eigenvalue weighted by Gasteiger charge is 2.61. The minimum Gasteiger partial charge on any atom is -0.377 e. The van der Waals surface area contributed by atoms with Crippen LogP contribution in [0.1, 0.15) is 17.8 Å². The lowest BCUT2D eigenvalue weighted by molar-refractivity contribution is 0.296. The maximum Gasteiger partial charge on any atom is 0.272 e. The first-order valence-corrected chi connectivity index (χ1v) is 9.41. The summed E-state index contributed by atoms with van der Waals surface area (Å²) in [6.45, 7) is 0. The van der Waals surface area contributed by atoms with Crippen molar-refractivity contribution in [2.45, 2.75) is 12.0 Å². The summed E-state index contributed by atoms with van der Waals surface area (Å²) in [7, 11) is 3.95. The van der Waals surface area contributed by atoms with Gasteiger partial charge in [-0.25, -0.2) is 14.6 Å². The number of hydrogen-bond donors (Lipinski definition) is 0. The van der Waals surface area contributed by atoms with E-state index in [9.17, 15) is 4.79 Å². The van der Waals surface area contributed by atoms with Gasteiger partial charge >= 0.3 is 0 Å². The van der Waals surface area contributed by atoms with Crippen molar-refractivity contribution < 1.29 is 4.63 Å². The molecule has 6 rings (SSSR count). The van der Waals surface area contributed by atoms with Crippen molar-refractivity contribution >= 4 is 43.5 Å². The van der Waals surface area contributed by atoms with Crippen molar-refractivity contribution in [1.29, 1.82) is 0 Å². The second-order valence-electron chi connectivity index (χ2n) is 7.20. The number of fused-ring (bicyclic) bond motifs is 6. The first-order valence-electron chi connectivity index (χ1n) is 8.59. The van der Waals surface area contributed by atoms with E-state index in [0.29, 0.717) is 21.6 Å².